The number of carbonyl (C=O) groups excluding carboxylic acids is 1. The van der Waals surface area contributed by atoms with Crippen LogP contribution in [0.1, 0.15) is 11.1 Å². The van der Waals surface area contributed by atoms with E-state index in [1.165, 1.54) is 11.4 Å². The first-order valence-corrected chi connectivity index (χ1v) is 10.5. The maximum Gasteiger partial charge on any atom is 0.231 e. The summed E-state index contributed by atoms with van der Waals surface area (Å²) in [6.45, 7) is 0.467. The second-order valence-electron chi connectivity index (χ2n) is 6.49. The Kier molecular flexibility index (Phi) is 5.46. The smallest absolute Gasteiger partial charge is 0.231 e. The summed E-state index contributed by atoms with van der Waals surface area (Å²) >= 11 is 0. The van der Waals surface area contributed by atoms with Crippen molar-refractivity contribution in [2.45, 2.75) is 13.0 Å². The number of fused-ring (bicyclic) bond motifs is 1. The van der Waals surface area contributed by atoms with Gasteiger partial charge in [0.15, 0.2) is 0 Å². The van der Waals surface area contributed by atoms with Crippen LogP contribution in [0.15, 0.2) is 66.7 Å². The average Bonchev–Trinajstić information content (AvgIpc) is 2.65. The molecule has 3 aromatic rings. The van der Waals surface area contributed by atoms with Crippen molar-refractivity contribution in [3.8, 4) is 0 Å². The molecule has 27 heavy (non-hydrogen) atoms. The van der Waals surface area contributed by atoms with Crippen molar-refractivity contribution in [3.05, 3.63) is 77.9 Å². The van der Waals surface area contributed by atoms with Crippen LogP contribution < -0.4 is 9.62 Å². The van der Waals surface area contributed by atoms with E-state index in [1.54, 1.807) is 24.3 Å². The third kappa shape index (κ3) is 4.65. The van der Waals surface area contributed by atoms with Crippen molar-refractivity contribution < 1.29 is 13.2 Å². The predicted molar refractivity (Wildman–Crippen MR) is 109 cm³/mol. The van der Waals surface area contributed by atoms with Crippen molar-refractivity contribution in [1.29, 1.82) is 0 Å². The predicted octanol–water partition coefficient (Wildman–Crippen LogP) is 3.09. The van der Waals surface area contributed by atoms with Gasteiger partial charge >= 0.3 is 0 Å². The molecular formula is C21H22N2O3S. The van der Waals surface area contributed by atoms with Gasteiger partial charge in [0.2, 0.25) is 15.9 Å². The highest BCUT2D eigenvalue weighted by Crippen LogP contribution is 2.19. The van der Waals surface area contributed by atoms with Crippen molar-refractivity contribution in [2.75, 3.05) is 17.6 Å². The number of hydrogen-bond acceptors (Lipinski definition) is 3. The summed E-state index contributed by atoms with van der Waals surface area (Å²) in [6.07, 6.45) is 1.40. The first kappa shape index (κ1) is 18.9. The number of nitrogens with one attached hydrogen (secondary N) is 1. The number of sulfonamides is 1. The number of anilines is 1. The summed E-state index contributed by atoms with van der Waals surface area (Å²) in [6, 6.07) is 21.1. The van der Waals surface area contributed by atoms with E-state index in [1.807, 2.05) is 30.3 Å². The molecule has 3 rings (SSSR count). The van der Waals surface area contributed by atoms with E-state index in [-0.39, 0.29) is 12.3 Å². The lowest BCUT2D eigenvalue weighted by atomic mass is 10.0. The Bertz CT molecular complexity index is 1050. The Balaban J connectivity index is 1.62. The van der Waals surface area contributed by atoms with Gasteiger partial charge in [-0.25, -0.2) is 8.42 Å². The fourth-order valence-electron chi connectivity index (χ4n) is 2.90. The van der Waals surface area contributed by atoms with Crippen LogP contribution in [-0.2, 0) is 27.8 Å². The summed E-state index contributed by atoms with van der Waals surface area (Å²) in [5.41, 5.74) is 2.47. The first-order chi connectivity index (χ1) is 12.8. The van der Waals surface area contributed by atoms with Crippen LogP contribution in [0.25, 0.3) is 10.8 Å². The molecule has 0 bridgehead atoms. The maximum absolute atomic E-state index is 12.3. The van der Waals surface area contributed by atoms with Gasteiger partial charge in [0.1, 0.15) is 0 Å². The van der Waals surface area contributed by atoms with Gasteiger partial charge in [-0.3, -0.25) is 9.10 Å². The average molecular weight is 382 g/mol. The zero-order valence-corrected chi connectivity index (χ0v) is 16.2. The van der Waals surface area contributed by atoms with Crippen LogP contribution in [0, 0.1) is 0 Å². The molecule has 0 aliphatic heterocycles. The Morgan fingerprint density at radius 2 is 1.63 bits per heavy atom. The molecule has 0 saturated heterocycles. The SMILES string of the molecule is CN(c1ccc(CC(=O)NCc2cccc3ccccc23)cc1)S(C)(=O)=O. The Labute approximate surface area is 159 Å². The van der Waals surface area contributed by atoms with Crippen molar-refractivity contribution in [2.24, 2.45) is 0 Å². The highest BCUT2D eigenvalue weighted by Gasteiger charge is 2.12. The minimum absolute atomic E-state index is 0.0767. The number of rotatable bonds is 6. The van der Waals surface area contributed by atoms with Crippen molar-refractivity contribution in [3.63, 3.8) is 0 Å². The largest absolute Gasteiger partial charge is 0.352 e. The second kappa shape index (κ2) is 7.80. The van der Waals surface area contributed by atoms with Crippen LogP contribution in [0.2, 0.25) is 0 Å². The lowest BCUT2D eigenvalue weighted by Gasteiger charge is -2.16. The van der Waals surface area contributed by atoms with Crippen molar-refractivity contribution in [1.82, 2.24) is 5.32 Å². The van der Waals surface area contributed by atoms with E-state index in [2.05, 4.69) is 17.4 Å². The van der Waals surface area contributed by atoms with Crippen LogP contribution in [-0.4, -0.2) is 27.6 Å². The summed E-state index contributed by atoms with van der Waals surface area (Å²) in [7, 11) is -1.79. The molecule has 0 aliphatic rings. The van der Waals surface area contributed by atoms with E-state index in [0.29, 0.717) is 12.2 Å². The number of hydrogen-bond donors (Lipinski definition) is 1. The minimum atomic E-state index is -3.29. The lowest BCUT2D eigenvalue weighted by molar-refractivity contribution is -0.120. The molecule has 0 fully saturated rings. The summed E-state index contributed by atoms with van der Waals surface area (Å²) < 4.78 is 24.3. The molecule has 0 aromatic heterocycles. The van der Waals surface area contributed by atoms with Crippen LogP contribution in [0.4, 0.5) is 5.69 Å². The normalized spacial score (nSPS) is 11.3. The van der Waals surface area contributed by atoms with E-state index >= 15 is 0 Å². The highest BCUT2D eigenvalue weighted by atomic mass is 32.2. The molecule has 1 amide bonds. The van der Waals surface area contributed by atoms with Crippen molar-refractivity contribution >= 4 is 32.4 Å². The molecule has 0 saturated carbocycles. The van der Waals surface area contributed by atoms with Gasteiger partial charge < -0.3 is 5.32 Å². The molecule has 0 heterocycles. The summed E-state index contributed by atoms with van der Waals surface area (Å²) in [5.74, 6) is -0.0767. The van der Waals surface area contributed by atoms with E-state index in [0.717, 1.165) is 28.2 Å². The summed E-state index contributed by atoms with van der Waals surface area (Å²) in [5, 5.41) is 5.24. The Morgan fingerprint density at radius 1 is 0.963 bits per heavy atom. The van der Waals surface area contributed by atoms with Gasteiger partial charge in [0, 0.05) is 13.6 Å². The van der Waals surface area contributed by atoms with Gasteiger partial charge in [-0.1, -0.05) is 54.6 Å². The van der Waals surface area contributed by atoms with Gasteiger partial charge in [-0.15, -0.1) is 0 Å². The summed E-state index contributed by atoms with van der Waals surface area (Å²) in [4.78, 5) is 12.3. The lowest BCUT2D eigenvalue weighted by Crippen LogP contribution is -2.25. The van der Waals surface area contributed by atoms with E-state index in [9.17, 15) is 13.2 Å². The molecule has 0 unspecified atom stereocenters. The zero-order chi connectivity index (χ0) is 19.4. The third-order valence-electron chi connectivity index (χ3n) is 4.52. The molecule has 0 radical (unpaired) electrons. The molecular weight excluding hydrogens is 360 g/mol. The molecule has 0 spiro atoms. The van der Waals surface area contributed by atoms with E-state index < -0.39 is 10.0 Å². The molecule has 3 aromatic carbocycles. The van der Waals surface area contributed by atoms with Crippen LogP contribution in [0.3, 0.4) is 0 Å². The molecule has 0 atom stereocenters. The highest BCUT2D eigenvalue weighted by molar-refractivity contribution is 7.92. The Morgan fingerprint density at radius 3 is 2.33 bits per heavy atom. The quantitative estimate of drug-likeness (QED) is 0.712. The van der Waals surface area contributed by atoms with E-state index in [4.69, 9.17) is 0 Å². The van der Waals surface area contributed by atoms with Crippen LogP contribution >= 0.6 is 0 Å². The molecule has 6 heteroatoms. The van der Waals surface area contributed by atoms with Gasteiger partial charge in [-0.2, -0.15) is 0 Å². The molecule has 5 nitrogen and oxygen atoms in total. The number of nitrogens with zero attached hydrogens (tertiary/aromatic N) is 1. The number of carbonyl (C=O) groups is 1. The molecule has 0 aliphatic carbocycles. The van der Waals surface area contributed by atoms with Gasteiger partial charge in [0.05, 0.1) is 18.4 Å². The molecule has 1 N–H and O–H groups in total. The van der Waals surface area contributed by atoms with Gasteiger partial charge in [0.25, 0.3) is 0 Å². The standard InChI is InChI=1S/C21H22N2O3S/c1-23(27(2,25)26)19-12-10-16(11-13-19)14-21(24)22-15-18-8-5-7-17-6-3-4-9-20(17)18/h3-13H,14-15H2,1-2H3,(H,22,24). The van der Waals surface area contributed by atoms with Crippen LogP contribution in [0.5, 0.6) is 0 Å². The first-order valence-electron chi connectivity index (χ1n) is 8.61. The number of benzene rings is 3. The zero-order valence-electron chi connectivity index (χ0n) is 15.3. The monoisotopic (exact) mass is 382 g/mol. The Hall–Kier alpha value is -2.86. The fraction of sp³-hybridized carbons (Fsp3) is 0.190. The molecule has 140 valence electrons. The number of amides is 1. The topological polar surface area (TPSA) is 66.5 Å². The third-order valence-corrected chi connectivity index (χ3v) is 5.72. The second-order valence-corrected chi connectivity index (χ2v) is 8.50. The minimum Gasteiger partial charge on any atom is -0.352 e. The maximum atomic E-state index is 12.3. The fourth-order valence-corrected chi connectivity index (χ4v) is 3.41. The van der Waals surface area contributed by atoms with Gasteiger partial charge in [-0.05, 0) is 34.0 Å².